The summed E-state index contributed by atoms with van der Waals surface area (Å²) in [4.78, 5) is 34.8. The van der Waals surface area contributed by atoms with Crippen LogP contribution in [0.3, 0.4) is 0 Å². The summed E-state index contributed by atoms with van der Waals surface area (Å²) in [6, 6.07) is 1.20. The van der Waals surface area contributed by atoms with Gasteiger partial charge in [0.25, 0.3) is 5.69 Å². The number of nitrogens with one attached hydrogen (secondary N) is 1. The number of ketones is 1. The van der Waals surface area contributed by atoms with Gasteiger partial charge in [0.1, 0.15) is 0 Å². The largest absolute Gasteiger partial charge is 0.469 e. The van der Waals surface area contributed by atoms with Crippen LogP contribution < -0.4 is 0 Å². The zero-order valence-electron chi connectivity index (χ0n) is 9.67. The summed E-state index contributed by atoms with van der Waals surface area (Å²) in [7, 11) is 1.30. The Bertz CT molecular complexity index is 457. The number of rotatable bonds is 7. The van der Waals surface area contributed by atoms with Crippen molar-refractivity contribution in [3.8, 4) is 0 Å². The van der Waals surface area contributed by atoms with Gasteiger partial charge < -0.3 is 9.72 Å². The van der Waals surface area contributed by atoms with Gasteiger partial charge in [0.2, 0.25) is 0 Å². The fourth-order valence-corrected chi connectivity index (χ4v) is 1.95. The summed E-state index contributed by atoms with van der Waals surface area (Å²) in [5.74, 6) is 0.0685. The minimum Gasteiger partial charge on any atom is -0.469 e. The molecule has 1 aromatic rings. The van der Waals surface area contributed by atoms with E-state index in [4.69, 9.17) is 0 Å². The number of Topliss-reactive ketones (excluding diaryl/α,β-unsaturated/α-hetero) is 1. The molecule has 0 aliphatic carbocycles. The molecule has 8 heteroatoms. The molecule has 0 amide bonds. The van der Waals surface area contributed by atoms with Gasteiger partial charge in [-0.1, -0.05) is 0 Å². The van der Waals surface area contributed by atoms with Crippen molar-refractivity contribution >= 4 is 29.2 Å². The molecule has 1 rings (SSSR count). The Balaban J connectivity index is 2.36. The first-order valence-corrected chi connectivity index (χ1v) is 6.20. The zero-order valence-corrected chi connectivity index (χ0v) is 10.5. The average Bonchev–Trinajstić information content (AvgIpc) is 2.83. The monoisotopic (exact) mass is 272 g/mol. The Morgan fingerprint density at radius 3 is 2.83 bits per heavy atom. The Kier molecular flexibility index (Phi) is 5.37. The first-order valence-electron chi connectivity index (χ1n) is 5.05. The molecule has 0 aliphatic heterocycles. The molecule has 0 unspecified atom stereocenters. The van der Waals surface area contributed by atoms with Gasteiger partial charge in [-0.05, 0) is 0 Å². The lowest BCUT2D eigenvalue weighted by Crippen LogP contribution is -2.06. The maximum atomic E-state index is 11.6. The number of carbonyl (C=O) groups is 2. The maximum absolute atomic E-state index is 11.6. The first kappa shape index (κ1) is 14.2. The standard InChI is InChI=1S/C10H12N2O5S/c1-17-10(14)2-3-18-6-9(13)8-4-7(5-11-8)12(15)16/h4-5,11H,2-3,6H2,1H3. The van der Waals surface area contributed by atoms with E-state index < -0.39 is 4.92 Å². The van der Waals surface area contributed by atoms with Crippen molar-refractivity contribution < 1.29 is 19.2 Å². The smallest absolute Gasteiger partial charge is 0.306 e. The third-order valence-electron chi connectivity index (χ3n) is 2.09. The molecule has 0 bridgehead atoms. The number of nitrogens with zero attached hydrogens (tertiary/aromatic N) is 1. The van der Waals surface area contributed by atoms with Gasteiger partial charge in [-0.25, -0.2) is 0 Å². The summed E-state index contributed by atoms with van der Waals surface area (Å²) < 4.78 is 4.45. The summed E-state index contributed by atoms with van der Waals surface area (Å²) in [5.41, 5.74) is 0.0604. The normalized spacial score (nSPS) is 10.1. The highest BCUT2D eigenvalue weighted by atomic mass is 32.2. The van der Waals surface area contributed by atoms with Crippen molar-refractivity contribution in [2.24, 2.45) is 0 Å². The number of hydrogen-bond donors (Lipinski definition) is 1. The van der Waals surface area contributed by atoms with E-state index >= 15 is 0 Å². The molecule has 0 fully saturated rings. The molecule has 0 atom stereocenters. The molecule has 98 valence electrons. The summed E-state index contributed by atoms with van der Waals surface area (Å²) in [5, 5.41) is 10.4. The minimum absolute atomic E-state index is 0.141. The topological polar surface area (TPSA) is 102 Å². The van der Waals surface area contributed by atoms with E-state index in [0.717, 1.165) is 0 Å². The number of carbonyl (C=O) groups excluding carboxylic acids is 2. The van der Waals surface area contributed by atoms with Crippen molar-refractivity contribution in [1.82, 2.24) is 4.98 Å². The first-order chi connectivity index (χ1) is 8.54. The van der Waals surface area contributed by atoms with E-state index in [1.807, 2.05) is 0 Å². The predicted octanol–water partition coefficient (Wildman–Crippen LogP) is 1.40. The Morgan fingerprint density at radius 1 is 1.56 bits per heavy atom. The Labute approximate surface area is 107 Å². The quantitative estimate of drug-likeness (QED) is 0.264. The molecule has 0 radical (unpaired) electrons. The summed E-state index contributed by atoms with van der Waals surface area (Å²) in [6.45, 7) is 0. The second kappa shape index (κ2) is 6.80. The van der Waals surface area contributed by atoms with Crippen LogP contribution in [0.4, 0.5) is 5.69 Å². The number of nitro groups is 1. The molecule has 1 heterocycles. The van der Waals surface area contributed by atoms with Crippen LogP contribution >= 0.6 is 11.8 Å². The third-order valence-corrected chi connectivity index (χ3v) is 3.05. The number of H-pyrrole nitrogens is 1. The van der Waals surface area contributed by atoms with Gasteiger partial charge >= 0.3 is 5.97 Å². The van der Waals surface area contributed by atoms with Crippen LogP contribution in [0.2, 0.25) is 0 Å². The molecule has 1 N–H and O–H groups in total. The van der Waals surface area contributed by atoms with Gasteiger partial charge in [0.05, 0.1) is 36.1 Å². The van der Waals surface area contributed by atoms with Crippen molar-refractivity contribution in [2.45, 2.75) is 6.42 Å². The van der Waals surface area contributed by atoms with Crippen LogP contribution in [-0.4, -0.2) is 40.3 Å². The molecule has 18 heavy (non-hydrogen) atoms. The number of methoxy groups -OCH3 is 1. The molecule has 0 spiro atoms. The van der Waals surface area contributed by atoms with Crippen molar-refractivity contribution in [3.05, 3.63) is 28.1 Å². The Morgan fingerprint density at radius 2 is 2.28 bits per heavy atom. The van der Waals surface area contributed by atoms with Crippen LogP contribution in [0.25, 0.3) is 0 Å². The predicted molar refractivity (Wildman–Crippen MR) is 65.7 cm³/mol. The van der Waals surface area contributed by atoms with Gasteiger partial charge in [-0.2, -0.15) is 11.8 Å². The van der Waals surface area contributed by atoms with E-state index in [9.17, 15) is 19.7 Å². The lowest BCUT2D eigenvalue weighted by molar-refractivity contribution is -0.384. The lowest BCUT2D eigenvalue weighted by atomic mass is 10.3. The van der Waals surface area contributed by atoms with E-state index in [-0.39, 0.29) is 35.3 Å². The van der Waals surface area contributed by atoms with Gasteiger partial charge in [0, 0.05) is 11.8 Å². The third kappa shape index (κ3) is 4.21. The molecule has 0 saturated carbocycles. The highest BCUT2D eigenvalue weighted by Gasteiger charge is 2.14. The van der Waals surface area contributed by atoms with E-state index in [2.05, 4.69) is 9.72 Å². The number of esters is 1. The SMILES string of the molecule is COC(=O)CCSCC(=O)c1cc([N+](=O)[O-])c[nH]1. The van der Waals surface area contributed by atoms with Crippen LogP contribution in [0, 0.1) is 10.1 Å². The zero-order chi connectivity index (χ0) is 13.5. The van der Waals surface area contributed by atoms with E-state index in [1.54, 1.807) is 0 Å². The average molecular weight is 272 g/mol. The molecule has 1 aromatic heterocycles. The van der Waals surface area contributed by atoms with Gasteiger partial charge in [-0.15, -0.1) is 0 Å². The number of hydrogen-bond acceptors (Lipinski definition) is 6. The van der Waals surface area contributed by atoms with E-state index in [1.165, 1.54) is 31.1 Å². The number of aromatic nitrogens is 1. The maximum Gasteiger partial charge on any atom is 0.306 e. The van der Waals surface area contributed by atoms with Gasteiger partial charge in [0.15, 0.2) is 5.78 Å². The van der Waals surface area contributed by atoms with Gasteiger partial charge in [-0.3, -0.25) is 19.7 Å². The van der Waals surface area contributed by atoms with Crippen LogP contribution in [0.1, 0.15) is 16.9 Å². The molecule has 7 nitrogen and oxygen atoms in total. The molecule has 0 aromatic carbocycles. The van der Waals surface area contributed by atoms with Crippen LogP contribution in [0.5, 0.6) is 0 Å². The minimum atomic E-state index is -0.572. The highest BCUT2D eigenvalue weighted by Crippen LogP contribution is 2.14. The number of thioether (sulfide) groups is 1. The fourth-order valence-electron chi connectivity index (χ4n) is 1.15. The van der Waals surface area contributed by atoms with Crippen molar-refractivity contribution in [2.75, 3.05) is 18.6 Å². The molecular formula is C10H12N2O5S. The van der Waals surface area contributed by atoms with E-state index in [0.29, 0.717) is 5.75 Å². The lowest BCUT2D eigenvalue weighted by Gasteiger charge is -1.99. The molecular weight excluding hydrogens is 260 g/mol. The second-order valence-electron chi connectivity index (χ2n) is 3.33. The fraction of sp³-hybridized carbons (Fsp3) is 0.400. The highest BCUT2D eigenvalue weighted by molar-refractivity contribution is 8.00. The second-order valence-corrected chi connectivity index (χ2v) is 4.44. The summed E-state index contributed by atoms with van der Waals surface area (Å²) in [6.07, 6.45) is 1.41. The summed E-state index contributed by atoms with van der Waals surface area (Å²) >= 11 is 1.28. The van der Waals surface area contributed by atoms with Crippen molar-refractivity contribution in [1.29, 1.82) is 0 Å². The number of aromatic amines is 1. The van der Waals surface area contributed by atoms with Crippen LogP contribution in [0.15, 0.2) is 12.3 Å². The Hall–Kier alpha value is -1.83. The molecule has 0 saturated heterocycles. The number of ether oxygens (including phenoxy) is 1. The van der Waals surface area contributed by atoms with Crippen LogP contribution in [-0.2, 0) is 9.53 Å². The van der Waals surface area contributed by atoms with Crippen molar-refractivity contribution in [3.63, 3.8) is 0 Å². The molecule has 0 aliphatic rings.